The van der Waals surface area contributed by atoms with Crippen LogP contribution in [-0.2, 0) is 16.4 Å². The molecule has 0 radical (unpaired) electrons. The molecular weight excluding hydrogens is 348 g/mol. The number of aryl methyl sites for hydroxylation is 2. The lowest BCUT2D eigenvalue weighted by Gasteiger charge is -2.25. The van der Waals surface area contributed by atoms with Crippen LogP contribution in [0.4, 0.5) is 0 Å². The van der Waals surface area contributed by atoms with Gasteiger partial charge < -0.3 is 10.6 Å². The third-order valence-corrected chi connectivity index (χ3v) is 6.04. The predicted octanol–water partition coefficient (Wildman–Crippen LogP) is 1.73. The van der Waals surface area contributed by atoms with Gasteiger partial charge in [0.1, 0.15) is 0 Å². The molecule has 0 amide bonds. The summed E-state index contributed by atoms with van der Waals surface area (Å²) in [4.78, 5) is 4.15. The van der Waals surface area contributed by atoms with Gasteiger partial charge in [-0.15, -0.1) is 0 Å². The Morgan fingerprint density at radius 3 is 2.35 bits per heavy atom. The number of sulfonamides is 1. The number of rotatable bonds is 9. The highest BCUT2D eigenvalue weighted by atomic mass is 32.2. The summed E-state index contributed by atoms with van der Waals surface area (Å²) in [5.41, 5.74) is 3.82. The molecule has 1 aromatic carbocycles. The monoisotopic (exact) mass is 380 g/mol. The van der Waals surface area contributed by atoms with Crippen LogP contribution in [0.25, 0.3) is 0 Å². The van der Waals surface area contributed by atoms with Crippen LogP contribution in [0.3, 0.4) is 0 Å². The molecule has 0 aromatic heterocycles. The minimum atomic E-state index is -3.23. The number of aliphatic imine (C=N–C) groups is 1. The molecule has 0 heterocycles. The van der Waals surface area contributed by atoms with Crippen molar-refractivity contribution in [2.75, 3.05) is 32.4 Å². The number of benzene rings is 1. The Bertz CT molecular complexity index is 692. The summed E-state index contributed by atoms with van der Waals surface area (Å²) in [7, 11) is -1.54. The van der Waals surface area contributed by atoms with E-state index in [0.29, 0.717) is 25.0 Å². The molecule has 1 fully saturated rings. The molecule has 1 aliphatic rings. The Kier molecular flexibility index (Phi) is 7.90. The van der Waals surface area contributed by atoms with E-state index in [1.807, 2.05) is 0 Å². The summed E-state index contributed by atoms with van der Waals surface area (Å²) in [6, 6.07) is 6.54. The Hall–Kier alpha value is -1.60. The molecule has 0 atom stereocenters. The molecule has 0 spiro atoms. The maximum Gasteiger partial charge on any atom is 0.213 e. The lowest BCUT2D eigenvalue weighted by Crippen LogP contribution is -2.42. The van der Waals surface area contributed by atoms with Crippen molar-refractivity contribution in [3.05, 3.63) is 34.9 Å². The molecule has 2 rings (SSSR count). The van der Waals surface area contributed by atoms with Gasteiger partial charge in [-0.25, -0.2) is 13.1 Å². The zero-order valence-corrected chi connectivity index (χ0v) is 17.0. The van der Waals surface area contributed by atoms with Crippen molar-refractivity contribution in [2.24, 2.45) is 10.9 Å². The van der Waals surface area contributed by atoms with Crippen molar-refractivity contribution in [1.29, 1.82) is 0 Å². The zero-order chi connectivity index (χ0) is 19.0. The largest absolute Gasteiger partial charge is 0.356 e. The summed E-state index contributed by atoms with van der Waals surface area (Å²) < 4.78 is 26.7. The van der Waals surface area contributed by atoms with Crippen LogP contribution in [0.1, 0.15) is 36.0 Å². The zero-order valence-electron chi connectivity index (χ0n) is 16.1. The first-order valence-electron chi connectivity index (χ1n) is 9.37. The molecule has 1 aromatic rings. The number of nitrogens with one attached hydrogen (secondary N) is 3. The van der Waals surface area contributed by atoms with Gasteiger partial charge >= 0.3 is 0 Å². The molecule has 0 unspecified atom stereocenters. The first-order valence-corrected chi connectivity index (χ1v) is 11.0. The van der Waals surface area contributed by atoms with E-state index >= 15 is 0 Å². The minimum Gasteiger partial charge on any atom is -0.356 e. The minimum absolute atomic E-state index is 0.0531. The van der Waals surface area contributed by atoms with E-state index in [4.69, 9.17) is 0 Å². The highest BCUT2D eigenvalue weighted by Crippen LogP contribution is 2.25. The second kappa shape index (κ2) is 9.92. The van der Waals surface area contributed by atoms with Gasteiger partial charge in [-0.05, 0) is 44.6 Å². The lowest BCUT2D eigenvalue weighted by atomic mass is 9.86. The maximum absolute atomic E-state index is 12.0. The van der Waals surface area contributed by atoms with Crippen LogP contribution in [-0.4, -0.2) is 46.8 Å². The lowest BCUT2D eigenvalue weighted by molar-refractivity contribution is 0.316. The average molecular weight is 381 g/mol. The van der Waals surface area contributed by atoms with E-state index in [0.717, 1.165) is 25.8 Å². The van der Waals surface area contributed by atoms with Crippen LogP contribution < -0.4 is 15.4 Å². The number of hydrogen-bond acceptors (Lipinski definition) is 3. The number of guanidine groups is 1. The average Bonchev–Trinajstić information content (AvgIpc) is 2.50. The van der Waals surface area contributed by atoms with Crippen molar-refractivity contribution in [3.63, 3.8) is 0 Å². The van der Waals surface area contributed by atoms with Crippen LogP contribution in [0.2, 0.25) is 0 Å². The fourth-order valence-corrected chi connectivity index (χ4v) is 4.08. The van der Waals surface area contributed by atoms with E-state index in [9.17, 15) is 8.42 Å². The number of hydrogen-bond donors (Lipinski definition) is 3. The highest BCUT2D eigenvalue weighted by molar-refractivity contribution is 7.89. The van der Waals surface area contributed by atoms with E-state index in [2.05, 4.69) is 52.4 Å². The summed E-state index contributed by atoms with van der Waals surface area (Å²) >= 11 is 0. The molecule has 146 valence electrons. The molecule has 1 aliphatic carbocycles. The van der Waals surface area contributed by atoms with Crippen molar-refractivity contribution in [1.82, 2.24) is 15.4 Å². The molecule has 26 heavy (non-hydrogen) atoms. The molecule has 3 N–H and O–H groups in total. The molecule has 0 bridgehead atoms. The van der Waals surface area contributed by atoms with Crippen LogP contribution in [0.15, 0.2) is 23.2 Å². The van der Waals surface area contributed by atoms with E-state index in [1.54, 1.807) is 7.05 Å². The Balaban J connectivity index is 1.66. The smallest absolute Gasteiger partial charge is 0.213 e. The summed E-state index contributed by atoms with van der Waals surface area (Å²) in [5.74, 6) is 1.21. The SMILES string of the molecule is CN=C(NCCc1cc(C)cc(C)c1)NCCS(=O)(=O)NCC1CCC1. The highest BCUT2D eigenvalue weighted by Gasteiger charge is 2.20. The topological polar surface area (TPSA) is 82.6 Å². The third kappa shape index (κ3) is 7.33. The van der Waals surface area contributed by atoms with Gasteiger partial charge in [0.2, 0.25) is 10.0 Å². The van der Waals surface area contributed by atoms with Crippen LogP contribution in [0, 0.1) is 19.8 Å². The predicted molar refractivity (Wildman–Crippen MR) is 108 cm³/mol. The summed E-state index contributed by atoms with van der Waals surface area (Å²) in [5, 5.41) is 6.31. The summed E-state index contributed by atoms with van der Waals surface area (Å²) in [6.07, 6.45) is 4.39. The Morgan fingerprint density at radius 2 is 1.77 bits per heavy atom. The maximum atomic E-state index is 12.0. The Morgan fingerprint density at radius 1 is 1.12 bits per heavy atom. The molecule has 0 saturated heterocycles. The van der Waals surface area contributed by atoms with Crippen LogP contribution in [0.5, 0.6) is 0 Å². The molecule has 7 heteroatoms. The van der Waals surface area contributed by atoms with Crippen LogP contribution >= 0.6 is 0 Å². The first kappa shape index (κ1) is 20.7. The van der Waals surface area contributed by atoms with Crippen molar-refractivity contribution in [3.8, 4) is 0 Å². The van der Waals surface area contributed by atoms with E-state index in [-0.39, 0.29) is 5.75 Å². The van der Waals surface area contributed by atoms with Gasteiger partial charge in [-0.2, -0.15) is 0 Å². The van der Waals surface area contributed by atoms with E-state index < -0.39 is 10.0 Å². The van der Waals surface area contributed by atoms with Crippen molar-refractivity contribution >= 4 is 16.0 Å². The third-order valence-electron chi connectivity index (χ3n) is 4.69. The first-order chi connectivity index (χ1) is 12.4. The molecule has 6 nitrogen and oxygen atoms in total. The molecule has 1 saturated carbocycles. The van der Waals surface area contributed by atoms with Gasteiger partial charge in [0.05, 0.1) is 5.75 Å². The van der Waals surface area contributed by atoms with Crippen molar-refractivity contribution in [2.45, 2.75) is 39.5 Å². The quantitative estimate of drug-likeness (QED) is 0.450. The fraction of sp³-hybridized carbons (Fsp3) is 0.632. The Labute approximate surface area is 157 Å². The normalized spacial score (nSPS) is 15.6. The van der Waals surface area contributed by atoms with Gasteiger partial charge in [0.25, 0.3) is 0 Å². The second-order valence-corrected chi connectivity index (χ2v) is 9.06. The number of nitrogens with zero attached hydrogens (tertiary/aromatic N) is 1. The standard InChI is InChI=1S/C19H32N4O2S/c1-15-11-16(2)13-18(12-15)7-8-21-19(20-3)22-9-10-26(24,25)23-14-17-5-4-6-17/h11-13,17,23H,4-10,14H2,1-3H3,(H2,20,21,22). The van der Waals surface area contributed by atoms with Gasteiger partial charge in [-0.3, -0.25) is 4.99 Å². The fourth-order valence-electron chi connectivity index (χ4n) is 3.08. The van der Waals surface area contributed by atoms with Crippen molar-refractivity contribution < 1.29 is 8.42 Å². The van der Waals surface area contributed by atoms with Gasteiger partial charge in [0, 0.05) is 26.7 Å². The molecular formula is C19H32N4O2S. The van der Waals surface area contributed by atoms with Gasteiger partial charge in [0.15, 0.2) is 5.96 Å². The molecule has 0 aliphatic heterocycles. The summed E-state index contributed by atoms with van der Waals surface area (Å²) in [6.45, 7) is 5.86. The van der Waals surface area contributed by atoms with Gasteiger partial charge in [-0.1, -0.05) is 35.7 Å². The van der Waals surface area contributed by atoms with E-state index in [1.165, 1.54) is 23.1 Å². The second-order valence-electron chi connectivity index (χ2n) is 7.14.